The van der Waals surface area contributed by atoms with Crippen LogP contribution in [0.25, 0.3) is 0 Å². The van der Waals surface area contributed by atoms with Crippen LogP contribution in [-0.2, 0) is 0 Å². The number of hydrazone groups is 1. The smallest absolute Gasteiger partial charge is 0.150 e. The lowest BCUT2D eigenvalue weighted by Crippen LogP contribution is -2.15. The van der Waals surface area contributed by atoms with Crippen molar-refractivity contribution in [2.24, 2.45) is 16.7 Å². The van der Waals surface area contributed by atoms with Crippen molar-refractivity contribution in [3.63, 3.8) is 0 Å². The number of ether oxygens (including phenoxy) is 2. The maximum Gasteiger partial charge on any atom is 0.150 e. The van der Waals surface area contributed by atoms with E-state index in [1.54, 1.807) is 32.4 Å². The van der Waals surface area contributed by atoms with Gasteiger partial charge in [0.15, 0.2) is 5.84 Å². The lowest BCUT2D eigenvalue weighted by Gasteiger charge is -2.07. The second-order valence-corrected chi connectivity index (χ2v) is 2.62. The Hall–Kier alpha value is -1.91. The van der Waals surface area contributed by atoms with E-state index in [0.29, 0.717) is 17.1 Å². The fraction of sp³-hybridized carbons (Fsp3) is 0.222. The third-order valence-corrected chi connectivity index (χ3v) is 1.79. The Morgan fingerprint density at radius 1 is 1.14 bits per heavy atom. The molecule has 1 rings (SSSR count). The van der Waals surface area contributed by atoms with Gasteiger partial charge in [0, 0.05) is 11.6 Å². The van der Waals surface area contributed by atoms with Gasteiger partial charge in [0.1, 0.15) is 11.5 Å². The van der Waals surface area contributed by atoms with Gasteiger partial charge in [-0.25, -0.2) is 0 Å². The maximum absolute atomic E-state index is 5.56. The third-order valence-electron chi connectivity index (χ3n) is 1.79. The van der Waals surface area contributed by atoms with Crippen molar-refractivity contribution in [1.29, 1.82) is 0 Å². The highest BCUT2D eigenvalue weighted by atomic mass is 16.5. The van der Waals surface area contributed by atoms with Gasteiger partial charge in [0.2, 0.25) is 0 Å². The summed E-state index contributed by atoms with van der Waals surface area (Å²) in [7, 11) is 3.13. The molecule has 0 amide bonds. The number of amidine groups is 1. The molecule has 1 aromatic carbocycles. The van der Waals surface area contributed by atoms with Crippen LogP contribution in [0.5, 0.6) is 11.5 Å². The Bertz CT molecular complexity index is 328. The number of benzene rings is 1. The van der Waals surface area contributed by atoms with Crippen molar-refractivity contribution in [3.8, 4) is 11.5 Å². The summed E-state index contributed by atoms with van der Waals surface area (Å²) in [4.78, 5) is 0. The van der Waals surface area contributed by atoms with Crippen LogP contribution < -0.4 is 21.1 Å². The van der Waals surface area contributed by atoms with E-state index in [-0.39, 0.29) is 5.84 Å². The SMILES string of the molecule is COc1cc(OC)cc(/C(N)=N/N)c1. The second-order valence-electron chi connectivity index (χ2n) is 2.62. The van der Waals surface area contributed by atoms with E-state index in [1.807, 2.05) is 0 Å². The molecule has 0 bridgehead atoms. The molecule has 0 aromatic heterocycles. The molecule has 0 fully saturated rings. The molecular formula is C9H13N3O2. The summed E-state index contributed by atoms with van der Waals surface area (Å²) in [5.74, 6) is 6.60. The van der Waals surface area contributed by atoms with Gasteiger partial charge in [-0.15, -0.1) is 0 Å². The van der Waals surface area contributed by atoms with E-state index in [4.69, 9.17) is 21.1 Å². The molecular weight excluding hydrogens is 182 g/mol. The lowest BCUT2D eigenvalue weighted by atomic mass is 10.2. The zero-order valence-corrected chi connectivity index (χ0v) is 8.15. The zero-order chi connectivity index (χ0) is 10.6. The van der Waals surface area contributed by atoms with Gasteiger partial charge in [-0.1, -0.05) is 0 Å². The van der Waals surface area contributed by atoms with Crippen LogP contribution >= 0.6 is 0 Å². The minimum Gasteiger partial charge on any atom is -0.497 e. The van der Waals surface area contributed by atoms with Crippen LogP contribution in [0.2, 0.25) is 0 Å². The Labute approximate surface area is 82.3 Å². The van der Waals surface area contributed by atoms with Crippen LogP contribution in [0.4, 0.5) is 0 Å². The molecule has 5 nitrogen and oxygen atoms in total. The normalized spacial score (nSPS) is 11.1. The Kier molecular flexibility index (Phi) is 3.17. The first kappa shape index (κ1) is 10.2. The first-order valence-electron chi connectivity index (χ1n) is 3.98. The minimum absolute atomic E-state index is 0.238. The lowest BCUT2D eigenvalue weighted by molar-refractivity contribution is 0.394. The molecule has 14 heavy (non-hydrogen) atoms. The average molecular weight is 195 g/mol. The molecule has 0 saturated heterocycles. The maximum atomic E-state index is 5.56. The Balaban J connectivity index is 3.17. The molecule has 0 spiro atoms. The Morgan fingerprint density at radius 2 is 1.64 bits per heavy atom. The molecule has 4 N–H and O–H groups in total. The van der Waals surface area contributed by atoms with Crippen LogP contribution in [0.1, 0.15) is 5.56 Å². The van der Waals surface area contributed by atoms with Crippen molar-refractivity contribution in [1.82, 2.24) is 0 Å². The van der Waals surface area contributed by atoms with E-state index in [9.17, 15) is 0 Å². The van der Waals surface area contributed by atoms with Crippen molar-refractivity contribution in [2.45, 2.75) is 0 Å². The number of nitrogens with zero attached hydrogens (tertiary/aromatic N) is 1. The molecule has 0 unspecified atom stereocenters. The highest BCUT2D eigenvalue weighted by molar-refractivity contribution is 5.98. The standard InChI is InChI=1S/C9H13N3O2/c1-13-7-3-6(9(10)12-11)4-8(5-7)14-2/h3-5H,11H2,1-2H3,(H2,10,12). The number of rotatable bonds is 3. The summed E-state index contributed by atoms with van der Waals surface area (Å²) < 4.78 is 10.1. The molecule has 0 aliphatic heterocycles. The van der Waals surface area contributed by atoms with Crippen LogP contribution in [0, 0.1) is 0 Å². The topological polar surface area (TPSA) is 82.9 Å². The van der Waals surface area contributed by atoms with Gasteiger partial charge in [-0.2, -0.15) is 5.10 Å². The number of nitrogens with two attached hydrogens (primary N) is 2. The largest absolute Gasteiger partial charge is 0.497 e. The van der Waals surface area contributed by atoms with E-state index in [1.165, 1.54) is 0 Å². The molecule has 76 valence electrons. The van der Waals surface area contributed by atoms with Gasteiger partial charge in [-0.05, 0) is 12.1 Å². The van der Waals surface area contributed by atoms with E-state index >= 15 is 0 Å². The van der Waals surface area contributed by atoms with Gasteiger partial charge in [0.05, 0.1) is 14.2 Å². The molecule has 0 saturated carbocycles. The predicted molar refractivity (Wildman–Crippen MR) is 54.5 cm³/mol. The van der Waals surface area contributed by atoms with Crippen molar-refractivity contribution in [2.75, 3.05) is 14.2 Å². The Morgan fingerprint density at radius 3 is 2.00 bits per heavy atom. The van der Waals surface area contributed by atoms with E-state index < -0.39 is 0 Å². The average Bonchev–Trinajstić information content (AvgIpc) is 2.27. The van der Waals surface area contributed by atoms with Crippen LogP contribution in [0.3, 0.4) is 0 Å². The minimum atomic E-state index is 0.238. The van der Waals surface area contributed by atoms with Gasteiger partial charge >= 0.3 is 0 Å². The fourth-order valence-corrected chi connectivity index (χ4v) is 1.03. The highest BCUT2D eigenvalue weighted by Gasteiger charge is 2.04. The first-order valence-corrected chi connectivity index (χ1v) is 3.98. The molecule has 0 heterocycles. The van der Waals surface area contributed by atoms with Crippen molar-refractivity contribution in [3.05, 3.63) is 23.8 Å². The second kappa shape index (κ2) is 4.36. The summed E-state index contributed by atoms with van der Waals surface area (Å²) in [6.45, 7) is 0. The molecule has 0 aliphatic rings. The summed E-state index contributed by atoms with van der Waals surface area (Å²) in [5, 5.41) is 3.39. The molecule has 1 aromatic rings. The predicted octanol–water partition coefficient (Wildman–Crippen LogP) is 0.283. The van der Waals surface area contributed by atoms with E-state index in [0.717, 1.165) is 0 Å². The van der Waals surface area contributed by atoms with Gasteiger partial charge in [0.25, 0.3) is 0 Å². The van der Waals surface area contributed by atoms with Crippen molar-refractivity contribution < 1.29 is 9.47 Å². The van der Waals surface area contributed by atoms with Crippen molar-refractivity contribution >= 4 is 5.84 Å². The highest BCUT2D eigenvalue weighted by Crippen LogP contribution is 2.21. The fourth-order valence-electron chi connectivity index (χ4n) is 1.03. The summed E-state index contributed by atoms with van der Waals surface area (Å²) >= 11 is 0. The number of hydrogen-bond donors (Lipinski definition) is 2. The van der Waals surface area contributed by atoms with Gasteiger partial charge < -0.3 is 21.1 Å². The summed E-state index contributed by atoms with van der Waals surface area (Å²) in [6, 6.07) is 5.20. The first-order chi connectivity index (χ1) is 6.71. The molecule has 0 atom stereocenters. The monoisotopic (exact) mass is 195 g/mol. The van der Waals surface area contributed by atoms with Crippen LogP contribution in [-0.4, -0.2) is 20.1 Å². The quantitative estimate of drug-likeness (QED) is 0.314. The molecule has 0 radical (unpaired) electrons. The number of methoxy groups -OCH3 is 2. The summed E-state index contributed by atoms with van der Waals surface area (Å²) in [6.07, 6.45) is 0. The van der Waals surface area contributed by atoms with E-state index in [2.05, 4.69) is 5.10 Å². The summed E-state index contributed by atoms with van der Waals surface area (Å²) in [5.41, 5.74) is 6.23. The van der Waals surface area contributed by atoms with Gasteiger partial charge in [-0.3, -0.25) is 0 Å². The molecule has 5 heteroatoms. The van der Waals surface area contributed by atoms with Crippen LogP contribution in [0.15, 0.2) is 23.3 Å². The third kappa shape index (κ3) is 2.07. The number of hydrogen-bond acceptors (Lipinski definition) is 4. The zero-order valence-electron chi connectivity index (χ0n) is 8.15. The molecule has 0 aliphatic carbocycles.